The molecule has 0 spiro atoms. The van der Waals surface area contributed by atoms with E-state index in [4.69, 9.17) is 14.2 Å². The van der Waals surface area contributed by atoms with Crippen molar-refractivity contribution in [3.8, 4) is 0 Å². The van der Waals surface area contributed by atoms with Gasteiger partial charge in [-0.2, -0.15) is 0 Å². The van der Waals surface area contributed by atoms with Gasteiger partial charge in [-0.3, -0.25) is 14.4 Å². The van der Waals surface area contributed by atoms with Gasteiger partial charge in [-0.05, 0) is 103 Å². The van der Waals surface area contributed by atoms with Crippen LogP contribution >= 0.6 is 0 Å². The molecule has 0 aliphatic carbocycles. The van der Waals surface area contributed by atoms with E-state index in [1.54, 1.807) is 0 Å². The maximum Gasteiger partial charge on any atom is 0.306 e. The maximum atomic E-state index is 12.8. The second-order valence-electron chi connectivity index (χ2n) is 18.5. The van der Waals surface area contributed by atoms with Crippen LogP contribution in [0.15, 0.2) is 72.9 Å². The first kappa shape index (κ1) is 62.8. The third-order valence-corrected chi connectivity index (χ3v) is 11.9. The highest BCUT2D eigenvalue weighted by Gasteiger charge is 2.19. The Morgan fingerprint density at radius 3 is 1.03 bits per heavy atom. The number of hydrogen-bond donors (Lipinski definition) is 0. The van der Waals surface area contributed by atoms with Gasteiger partial charge in [0.1, 0.15) is 13.2 Å². The molecule has 0 aromatic carbocycles. The molecule has 0 rings (SSSR count). The second-order valence-corrected chi connectivity index (χ2v) is 18.5. The molecule has 0 N–H and O–H groups in total. The predicted octanol–water partition coefficient (Wildman–Crippen LogP) is 18.6. The zero-order valence-corrected chi connectivity index (χ0v) is 43.4. The highest BCUT2D eigenvalue weighted by molar-refractivity contribution is 5.71. The number of allylic oxidation sites excluding steroid dienone is 12. The van der Waals surface area contributed by atoms with Crippen molar-refractivity contribution in [2.75, 3.05) is 13.2 Å². The van der Waals surface area contributed by atoms with Crippen LogP contribution in [0.5, 0.6) is 0 Å². The SMILES string of the molecule is CC/C=C\C/C=C\C/C=C\C/C=C\CCCCC(=O)OC(COC(=O)CCCCCCC/C=C\CCC)COC(=O)CCCCCCCCCCCCC/C=C\CCCCCCCCCC. The standard InChI is InChI=1S/C60H104O6/c1-4-7-10-13-16-19-22-24-26-27-28-29-30-31-32-33-35-36-38-41-44-47-50-53-59(62)65-56-57(55-64-58(61)52-49-46-43-40-21-18-15-12-9-6-3)66-60(63)54-51-48-45-42-39-37-34-25-23-20-17-14-11-8-5-2/h8,11-12,15,17,20,25,27-28,34,39,42,57H,4-7,9-10,13-14,16,18-19,21-24,26,29-33,35-38,40-41,43-56H2,1-3H3/b11-8-,15-12-,20-17-,28-27-,34-25-,42-39-. The lowest BCUT2D eigenvalue weighted by atomic mass is 10.0. The zero-order valence-electron chi connectivity index (χ0n) is 43.4. The molecule has 380 valence electrons. The summed E-state index contributed by atoms with van der Waals surface area (Å²) in [6.45, 7) is 6.43. The Bertz CT molecular complexity index is 1240. The first-order valence-corrected chi connectivity index (χ1v) is 27.9. The normalized spacial score (nSPS) is 12.6. The van der Waals surface area contributed by atoms with Crippen LogP contribution in [0.1, 0.15) is 271 Å². The number of unbranched alkanes of at least 4 members (excludes halogenated alkanes) is 27. The van der Waals surface area contributed by atoms with Crippen molar-refractivity contribution in [1.82, 2.24) is 0 Å². The van der Waals surface area contributed by atoms with Gasteiger partial charge >= 0.3 is 17.9 Å². The van der Waals surface area contributed by atoms with E-state index in [1.165, 1.54) is 128 Å². The van der Waals surface area contributed by atoms with Gasteiger partial charge in [-0.25, -0.2) is 0 Å². The van der Waals surface area contributed by atoms with Crippen LogP contribution in [0.25, 0.3) is 0 Å². The predicted molar refractivity (Wildman–Crippen MR) is 284 cm³/mol. The molecule has 6 nitrogen and oxygen atoms in total. The molecule has 0 aromatic heterocycles. The molecule has 6 heteroatoms. The number of esters is 3. The van der Waals surface area contributed by atoms with Crippen LogP contribution in [0.3, 0.4) is 0 Å². The van der Waals surface area contributed by atoms with E-state index < -0.39 is 6.10 Å². The van der Waals surface area contributed by atoms with Crippen molar-refractivity contribution in [3.63, 3.8) is 0 Å². The lowest BCUT2D eigenvalue weighted by Crippen LogP contribution is -2.30. The summed E-state index contributed by atoms with van der Waals surface area (Å²) in [7, 11) is 0. The lowest BCUT2D eigenvalue weighted by Gasteiger charge is -2.18. The van der Waals surface area contributed by atoms with Crippen molar-refractivity contribution in [3.05, 3.63) is 72.9 Å². The molecule has 0 radical (unpaired) electrons. The third-order valence-electron chi connectivity index (χ3n) is 11.9. The first-order valence-electron chi connectivity index (χ1n) is 27.9. The maximum absolute atomic E-state index is 12.8. The largest absolute Gasteiger partial charge is 0.462 e. The Labute approximate surface area is 408 Å². The molecular formula is C60H104O6. The molecular weight excluding hydrogens is 817 g/mol. The topological polar surface area (TPSA) is 78.9 Å². The van der Waals surface area contributed by atoms with Crippen LogP contribution in [-0.4, -0.2) is 37.2 Å². The van der Waals surface area contributed by atoms with Gasteiger partial charge in [0, 0.05) is 19.3 Å². The second kappa shape index (κ2) is 54.5. The smallest absolute Gasteiger partial charge is 0.306 e. The highest BCUT2D eigenvalue weighted by atomic mass is 16.6. The van der Waals surface area contributed by atoms with Crippen LogP contribution in [-0.2, 0) is 28.6 Å². The van der Waals surface area contributed by atoms with Gasteiger partial charge in [0.05, 0.1) is 0 Å². The molecule has 1 unspecified atom stereocenters. The zero-order chi connectivity index (χ0) is 47.9. The average Bonchev–Trinajstić information content (AvgIpc) is 3.31. The fraction of sp³-hybridized carbons (Fsp3) is 0.750. The molecule has 0 saturated carbocycles. The van der Waals surface area contributed by atoms with E-state index in [9.17, 15) is 14.4 Å². The Kier molecular flexibility index (Phi) is 51.9. The molecule has 66 heavy (non-hydrogen) atoms. The summed E-state index contributed by atoms with van der Waals surface area (Å²) in [4.78, 5) is 38.0. The van der Waals surface area contributed by atoms with E-state index in [0.717, 1.165) is 96.3 Å². The monoisotopic (exact) mass is 921 g/mol. The van der Waals surface area contributed by atoms with Gasteiger partial charge in [-0.1, -0.05) is 222 Å². The molecule has 0 bridgehead atoms. The van der Waals surface area contributed by atoms with Crippen molar-refractivity contribution in [2.45, 2.75) is 277 Å². The van der Waals surface area contributed by atoms with Gasteiger partial charge in [0.2, 0.25) is 0 Å². The molecule has 0 fully saturated rings. The average molecular weight is 921 g/mol. The van der Waals surface area contributed by atoms with E-state index in [2.05, 4.69) is 93.7 Å². The van der Waals surface area contributed by atoms with Crippen molar-refractivity contribution in [2.24, 2.45) is 0 Å². The Balaban J connectivity index is 4.29. The Morgan fingerprint density at radius 2 is 0.621 bits per heavy atom. The molecule has 0 aliphatic rings. The number of carbonyl (C=O) groups excluding carboxylic acids is 3. The molecule has 0 heterocycles. The number of hydrogen-bond acceptors (Lipinski definition) is 6. The Hall–Kier alpha value is -3.15. The van der Waals surface area contributed by atoms with Crippen LogP contribution in [0.4, 0.5) is 0 Å². The number of rotatable bonds is 50. The molecule has 0 saturated heterocycles. The van der Waals surface area contributed by atoms with Crippen molar-refractivity contribution >= 4 is 17.9 Å². The minimum Gasteiger partial charge on any atom is -0.462 e. The minimum absolute atomic E-state index is 0.0947. The van der Waals surface area contributed by atoms with E-state index in [1.807, 2.05) is 0 Å². The summed E-state index contributed by atoms with van der Waals surface area (Å²) in [6.07, 6.45) is 69.1. The summed E-state index contributed by atoms with van der Waals surface area (Å²) >= 11 is 0. The van der Waals surface area contributed by atoms with Crippen LogP contribution in [0, 0.1) is 0 Å². The van der Waals surface area contributed by atoms with Gasteiger partial charge in [-0.15, -0.1) is 0 Å². The summed E-state index contributed by atoms with van der Waals surface area (Å²) in [5.74, 6) is -0.945. The minimum atomic E-state index is -0.799. The molecule has 0 aromatic rings. The van der Waals surface area contributed by atoms with E-state index in [0.29, 0.717) is 19.3 Å². The summed E-state index contributed by atoms with van der Waals surface area (Å²) in [5, 5.41) is 0. The fourth-order valence-electron chi connectivity index (χ4n) is 7.72. The third kappa shape index (κ3) is 51.8. The van der Waals surface area contributed by atoms with E-state index >= 15 is 0 Å². The Morgan fingerprint density at radius 1 is 0.318 bits per heavy atom. The molecule has 1 atom stereocenters. The summed E-state index contributed by atoms with van der Waals surface area (Å²) < 4.78 is 16.8. The van der Waals surface area contributed by atoms with Gasteiger partial charge < -0.3 is 14.2 Å². The van der Waals surface area contributed by atoms with Gasteiger partial charge in [0.15, 0.2) is 6.10 Å². The first-order chi connectivity index (χ1) is 32.5. The molecule has 0 amide bonds. The summed E-state index contributed by atoms with van der Waals surface area (Å²) in [5.41, 5.74) is 0. The number of ether oxygens (including phenoxy) is 3. The quantitative estimate of drug-likeness (QED) is 0.0262. The summed E-state index contributed by atoms with van der Waals surface area (Å²) in [6, 6.07) is 0. The van der Waals surface area contributed by atoms with Crippen molar-refractivity contribution < 1.29 is 28.6 Å². The van der Waals surface area contributed by atoms with Gasteiger partial charge in [0.25, 0.3) is 0 Å². The van der Waals surface area contributed by atoms with Crippen LogP contribution < -0.4 is 0 Å². The highest BCUT2D eigenvalue weighted by Crippen LogP contribution is 2.15. The van der Waals surface area contributed by atoms with Crippen molar-refractivity contribution in [1.29, 1.82) is 0 Å². The lowest BCUT2D eigenvalue weighted by molar-refractivity contribution is -0.167. The van der Waals surface area contributed by atoms with E-state index in [-0.39, 0.29) is 37.5 Å². The fourth-order valence-corrected chi connectivity index (χ4v) is 7.72. The molecule has 0 aliphatic heterocycles. The number of carbonyl (C=O) groups is 3. The van der Waals surface area contributed by atoms with Crippen LogP contribution in [0.2, 0.25) is 0 Å².